The molecule has 0 saturated heterocycles. The van der Waals surface area contributed by atoms with Gasteiger partial charge in [-0.1, -0.05) is 12.1 Å². The van der Waals surface area contributed by atoms with Crippen LogP contribution in [0.2, 0.25) is 0 Å². The summed E-state index contributed by atoms with van der Waals surface area (Å²) in [6, 6.07) is 14.0. The number of benzene rings is 2. The van der Waals surface area contributed by atoms with Gasteiger partial charge in [0.2, 0.25) is 5.91 Å². The van der Waals surface area contributed by atoms with Crippen LogP contribution < -0.4 is 15.5 Å². The third-order valence-corrected chi connectivity index (χ3v) is 3.06. The van der Waals surface area contributed by atoms with Crippen LogP contribution >= 0.6 is 0 Å². The normalized spacial score (nSPS) is 10.4. The van der Waals surface area contributed by atoms with Crippen molar-refractivity contribution >= 4 is 23.7 Å². The van der Waals surface area contributed by atoms with Crippen molar-refractivity contribution in [1.29, 1.82) is 0 Å². The van der Waals surface area contributed by atoms with Crippen LogP contribution in [0.4, 0.5) is 5.69 Å². The Bertz CT molecular complexity index is 739. The average molecular weight is 325 g/mol. The molecule has 0 spiro atoms. The van der Waals surface area contributed by atoms with Gasteiger partial charge in [-0.25, -0.2) is 5.43 Å². The molecule has 0 radical (unpaired) electrons. The van der Waals surface area contributed by atoms with E-state index in [1.165, 1.54) is 13.1 Å². The van der Waals surface area contributed by atoms with Gasteiger partial charge in [0.05, 0.1) is 12.8 Å². The molecular formula is C18H19N3O3. The first-order chi connectivity index (χ1) is 11.6. The molecular weight excluding hydrogens is 306 g/mol. The number of amides is 2. The Hall–Kier alpha value is -3.15. The first kappa shape index (κ1) is 17.2. The Morgan fingerprint density at radius 3 is 2.50 bits per heavy atom. The summed E-state index contributed by atoms with van der Waals surface area (Å²) in [6.45, 7) is 3.88. The number of hydrogen-bond donors (Lipinski definition) is 2. The Kier molecular flexibility index (Phi) is 6.08. The molecule has 2 N–H and O–H groups in total. The fourth-order valence-electron chi connectivity index (χ4n) is 2.01. The number of nitrogens with zero attached hydrogens (tertiary/aromatic N) is 1. The summed E-state index contributed by atoms with van der Waals surface area (Å²) < 4.78 is 5.49. The quantitative estimate of drug-likeness (QED) is 0.633. The number of hydrogen-bond acceptors (Lipinski definition) is 4. The molecule has 6 nitrogen and oxygen atoms in total. The van der Waals surface area contributed by atoms with Crippen molar-refractivity contribution in [1.82, 2.24) is 5.43 Å². The van der Waals surface area contributed by atoms with Gasteiger partial charge in [0.25, 0.3) is 5.91 Å². The molecule has 2 rings (SSSR count). The number of rotatable bonds is 6. The van der Waals surface area contributed by atoms with Crippen LogP contribution in [0, 0.1) is 0 Å². The van der Waals surface area contributed by atoms with Gasteiger partial charge in [-0.3, -0.25) is 9.59 Å². The predicted molar refractivity (Wildman–Crippen MR) is 93.4 cm³/mol. The van der Waals surface area contributed by atoms with Gasteiger partial charge in [-0.15, -0.1) is 0 Å². The molecule has 0 aliphatic heterocycles. The van der Waals surface area contributed by atoms with Crippen molar-refractivity contribution in [3.05, 3.63) is 59.7 Å². The lowest BCUT2D eigenvalue weighted by Crippen LogP contribution is -2.17. The lowest BCUT2D eigenvalue weighted by atomic mass is 10.2. The van der Waals surface area contributed by atoms with Gasteiger partial charge in [0.1, 0.15) is 5.75 Å². The Morgan fingerprint density at radius 1 is 1.12 bits per heavy atom. The number of ether oxygens (including phenoxy) is 1. The third-order valence-electron chi connectivity index (χ3n) is 3.06. The van der Waals surface area contributed by atoms with Crippen molar-refractivity contribution in [3.63, 3.8) is 0 Å². The number of carbonyl (C=O) groups excluding carboxylic acids is 2. The molecule has 0 bridgehead atoms. The van der Waals surface area contributed by atoms with Crippen molar-refractivity contribution in [2.24, 2.45) is 5.10 Å². The molecule has 0 aliphatic rings. The van der Waals surface area contributed by atoms with Crippen molar-refractivity contribution in [2.75, 3.05) is 11.9 Å². The van der Waals surface area contributed by atoms with Crippen LogP contribution in [0.3, 0.4) is 0 Å². The molecule has 0 fully saturated rings. The summed E-state index contributed by atoms with van der Waals surface area (Å²) >= 11 is 0. The third kappa shape index (κ3) is 4.95. The molecule has 2 aromatic rings. The molecule has 2 amide bonds. The molecule has 2 aromatic carbocycles. The molecule has 6 heteroatoms. The Balaban J connectivity index is 1.99. The van der Waals surface area contributed by atoms with Crippen LogP contribution in [0.1, 0.15) is 29.8 Å². The van der Waals surface area contributed by atoms with E-state index in [9.17, 15) is 9.59 Å². The van der Waals surface area contributed by atoms with Gasteiger partial charge in [0, 0.05) is 23.7 Å². The zero-order valence-corrected chi connectivity index (χ0v) is 13.6. The molecule has 124 valence electrons. The monoisotopic (exact) mass is 325 g/mol. The van der Waals surface area contributed by atoms with E-state index in [0.29, 0.717) is 23.6 Å². The standard InChI is InChI=1S/C18H19N3O3/c1-3-24-17-7-5-4-6-15(17)12-19-21-18(23)14-8-10-16(11-9-14)20-13(2)22/h4-12H,3H2,1-2H3,(H,20,22)(H,21,23). The molecule has 0 saturated carbocycles. The number of hydrazone groups is 1. The van der Waals surface area contributed by atoms with Crippen LogP contribution in [0.15, 0.2) is 53.6 Å². The maximum absolute atomic E-state index is 12.0. The summed E-state index contributed by atoms with van der Waals surface area (Å²) in [5, 5.41) is 6.60. The van der Waals surface area contributed by atoms with E-state index >= 15 is 0 Å². The second-order valence-electron chi connectivity index (χ2n) is 4.93. The van der Waals surface area contributed by atoms with E-state index in [0.717, 1.165) is 5.56 Å². The minimum atomic E-state index is -0.338. The maximum atomic E-state index is 12.0. The lowest BCUT2D eigenvalue weighted by molar-refractivity contribution is -0.114. The van der Waals surface area contributed by atoms with E-state index in [1.807, 2.05) is 31.2 Å². The molecule has 0 aromatic heterocycles. The number of nitrogens with one attached hydrogen (secondary N) is 2. The number of carbonyl (C=O) groups is 2. The highest BCUT2D eigenvalue weighted by atomic mass is 16.5. The van der Waals surface area contributed by atoms with Gasteiger partial charge < -0.3 is 10.1 Å². The van der Waals surface area contributed by atoms with Gasteiger partial charge >= 0.3 is 0 Å². The van der Waals surface area contributed by atoms with E-state index in [-0.39, 0.29) is 11.8 Å². The SMILES string of the molecule is CCOc1ccccc1C=NNC(=O)c1ccc(NC(C)=O)cc1. The van der Waals surface area contributed by atoms with Crippen molar-refractivity contribution < 1.29 is 14.3 Å². The van der Waals surface area contributed by atoms with E-state index < -0.39 is 0 Å². The molecule has 0 heterocycles. The second-order valence-corrected chi connectivity index (χ2v) is 4.93. The van der Waals surface area contributed by atoms with Gasteiger partial charge in [0.15, 0.2) is 0 Å². The summed E-state index contributed by atoms with van der Waals surface area (Å²) in [7, 11) is 0. The van der Waals surface area contributed by atoms with Crippen molar-refractivity contribution in [2.45, 2.75) is 13.8 Å². The summed E-state index contributed by atoms with van der Waals surface area (Å²) in [4.78, 5) is 23.0. The van der Waals surface area contributed by atoms with Crippen LogP contribution in [-0.2, 0) is 4.79 Å². The Labute approximate surface area is 140 Å². The van der Waals surface area contributed by atoms with Gasteiger partial charge in [-0.05, 0) is 43.3 Å². The van der Waals surface area contributed by atoms with E-state index in [2.05, 4.69) is 15.8 Å². The summed E-state index contributed by atoms with van der Waals surface area (Å²) in [6.07, 6.45) is 1.54. The highest BCUT2D eigenvalue weighted by molar-refractivity contribution is 5.96. The summed E-state index contributed by atoms with van der Waals surface area (Å²) in [5.41, 5.74) is 4.32. The maximum Gasteiger partial charge on any atom is 0.271 e. The molecule has 24 heavy (non-hydrogen) atoms. The van der Waals surface area contributed by atoms with Crippen molar-refractivity contribution in [3.8, 4) is 5.75 Å². The van der Waals surface area contributed by atoms with E-state index in [1.54, 1.807) is 24.3 Å². The zero-order valence-electron chi connectivity index (χ0n) is 13.6. The Morgan fingerprint density at radius 2 is 1.83 bits per heavy atom. The van der Waals surface area contributed by atoms with Crippen LogP contribution in [-0.4, -0.2) is 24.6 Å². The minimum Gasteiger partial charge on any atom is -0.493 e. The van der Waals surface area contributed by atoms with Crippen LogP contribution in [0.5, 0.6) is 5.75 Å². The topological polar surface area (TPSA) is 79.8 Å². The molecule has 0 atom stereocenters. The van der Waals surface area contributed by atoms with Gasteiger partial charge in [-0.2, -0.15) is 5.10 Å². The highest BCUT2D eigenvalue weighted by Crippen LogP contribution is 2.15. The number of anilines is 1. The predicted octanol–water partition coefficient (Wildman–Crippen LogP) is 2.81. The van der Waals surface area contributed by atoms with Crippen LogP contribution in [0.25, 0.3) is 0 Å². The first-order valence-corrected chi connectivity index (χ1v) is 7.53. The molecule has 0 aliphatic carbocycles. The largest absolute Gasteiger partial charge is 0.493 e. The fourth-order valence-corrected chi connectivity index (χ4v) is 2.01. The summed E-state index contributed by atoms with van der Waals surface area (Å²) in [5.74, 6) is 0.206. The fraction of sp³-hybridized carbons (Fsp3) is 0.167. The lowest BCUT2D eigenvalue weighted by Gasteiger charge is -2.06. The van der Waals surface area contributed by atoms with E-state index in [4.69, 9.17) is 4.74 Å². The average Bonchev–Trinajstić information content (AvgIpc) is 2.56. The zero-order chi connectivity index (χ0) is 17.4. The minimum absolute atomic E-state index is 0.162. The smallest absolute Gasteiger partial charge is 0.271 e. The number of para-hydroxylation sites is 1. The first-order valence-electron chi connectivity index (χ1n) is 7.53. The second kappa shape index (κ2) is 8.47. The molecule has 0 unspecified atom stereocenters. The highest BCUT2D eigenvalue weighted by Gasteiger charge is 2.05.